The summed E-state index contributed by atoms with van der Waals surface area (Å²) in [6, 6.07) is 7.78. The molecular weight excluding hydrogens is 351 g/mol. The molecule has 0 unspecified atom stereocenters. The van der Waals surface area contributed by atoms with E-state index in [9.17, 15) is 13.2 Å². The monoisotopic (exact) mass is 363 g/mol. The van der Waals surface area contributed by atoms with E-state index in [0.717, 1.165) is 26.0 Å². The Morgan fingerprint density at radius 1 is 1.30 bits per heavy atom. The molecule has 0 bridgehead atoms. The van der Waals surface area contributed by atoms with E-state index in [-0.39, 0.29) is 6.54 Å². The van der Waals surface area contributed by atoms with Gasteiger partial charge in [-0.1, -0.05) is 28.1 Å². The molecule has 1 aromatic carbocycles. The molecule has 2 aromatic rings. The van der Waals surface area contributed by atoms with Crippen LogP contribution in [0.15, 0.2) is 34.1 Å². The van der Waals surface area contributed by atoms with Crippen LogP contribution >= 0.6 is 27.3 Å². The minimum absolute atomic E-state index is 0.214. The molecular formula is C14H13BrF3NS. The third-order valence-electron chi connectivity index (χ3n) is 2.81. The molecule has 0 aliphatic heterocycles. The van der Waals surface area contributed by atoms with Gasteiger partial charge in [-0.25, -0.2) is 0 Å². The molecule has 0 spiro atoms. The van der Waals surface area contributed by atoms with E-state index in [0.29, 0.717) is 0 Å². The zero-order chi connectivity index (χ0) is 14.8. The molecule has 1 nitrogen and oxygen atoms in total. The van der Waals surface area contributed by atoms with E-state index in [1.54, 1.807) is 11.3 Å². The molecule has 108 valence electrons. The van der Waals surface area contributed by atoms with Crippen LogP contribution in [0.25, 0.3) is 11.1 Å². The maximum absolute atomic E-state index is 12.2. The van der Waals surface area contributed by atoms with Crippen molar-refractivity contribution in [3.63, 3.8) is 0 Å². The fraction of sp³-hybridized carbons (Fsp3) is 0.286. The first-order chi connectivity index (χ1) is 9.37. The molecule has 1 N–H and O–H groups in total. The number of nitrogens with one attached hydrogen (secondary N) is 1. The first-order valence-corrected chi connectivity index (χ1v) is 7.64. The van der Waals surface area contributed by atoms with Crippen LogP contribution in [0.4, 0.5) is 13.2 Å². The lowest BCUT2D eigenvalue weighted by atomic mass is 10.0. The Balaban J connectivity index is 2.20. The smallest absolute Gasteiger partial charge is 0.305 e. The molecule has 0 aliphatic carbocycles. The molecule has 0 saturated heterocycles. The second-order valence-electron chi connectivity index (χ2n) is 4.42. The number of hydrogen-bond donors (Lipinski definition) is 1. The van der Waals surface area contributed by atoms with Gasteiger partial charge in [0.25, 0.3) is 0 Å². The highest BCUT2D eigenvalue weighted by Crippen LogP contribution is 2.33. The van der Waals surface area contributed by atoms with Gasteiger partial charge in [0.05, 0.1) is 6.54 Å². The molecule has 2 rings (SSSR count). The van der Waals surface area contributed by atoms with Crippen LogP contribution in [0.2, 0.25) is 0 Å². The van der Waals surface area contributed by atoms with Crippen molar-refractivity contribution < 1.29 is 13.2 Å². The van der Waals surface area contributed by atoms with Gasteiger partial charge in [-0.05, 0) is 41.1 Å². The van der Waals surface area contributed by atoms with Gasteiger partial charge in [0.1, 0.15) is 0 Å². The lowest BCUT2D eigenvalue weighted by molar-refractivity contribution is -0.125. The van der Waals surface area contributed by atoms with Crippen molar-refractivity contribution >= 4 is 27.3 Å². The predicted octanol–water partition coefficient (Wildman–Crippen LogP) is 5.14. The fourth-order valence-corrected chi connectivity index (χ4v) is 3.29. The van der Waals surface area contributed by atoms with E-state index in [1.807, 2.05) is 36.6 Å². The van der Waals surface area contributed by atoms with Crippen molar-refractivity contribution in [2.45, 2.75) is 19.6 Å². The lowest BCUT2D eigenvalue weighted by Gasteiger charge is -2.10. The van der Waals surface area contributed by atoms with E-state index in [4.69, 9.17) is 0 Å². The normalized spacial score (nSPS) is 11.8. The zero-order valence-corrected chi connectivity index (χ0v) is 13.1. The summed E-state index contributed by atoms with van der Waals surface area (Å²) >= 11 is 4.97. The zero-order valence-electron chi connectivity index (χ0n) is 10.7. The van der Waals surface area contributed by atoms with Gasteiger partial charge in [-0.15, -0.1) is 11.3 Å². The quantitative estimate of drug-likeness (QED) is 0.792. The van der Waals surface area contributed by atoms with Gasteiger partial charge in [-0.3, -0.25) is 0 Å². The molecule has 1 aromatic heterocycles. The Morgan fingerprint density at radius 2 is 2.05 bits per heavy atom. The summed E-state index contributed by atoms with van der Waals surface area (Å²) in [5.41, 5.74) is 2.93. The SMILES string of the molecule is Cc1scc(CNCC(F)(F)F)c1-c1cccc(Br)c1. The predicted molar refractivity (Wildman–Crippen MR) is 80.0 cm³/mol. The number of rotatable bonds is 4. The van der Waals surface area contributed by atoms with Crippen LogP contribution in [-0.2, 0) is 6.54 Å². The molecule has 0 aliphatic rings. The lowest BCUT2D eigenvalue weighted by Crippen LogP contribution is -2.28. The highest BCUT2D eigenvalue weighted by Gasteiger charge is 2.26. The average Bonchev–Trinajstić information content (AvgIpc) is 2.69. The summed E-state index contributed by atoms with van der Waals surface area (Å²) in [7, 11) is 0. The Kier molecular flexibility index (Phi) is 4.88. The molecule has 20 heavy (non-hydrogen) atoms. The fourth-order valence-electron chi connectivity index (χ4n) is 2.01. The number of aryl methyl sites for hydroxylation is 1. The molecule has 1 heterocycles. The summed E-state index contributed by atoms with van der Waals surface area (Å²) in [5.74, 6) is 0. The first kappa shape index (κ1) is 15.5. The largest absolute Gasteiger partial charge is 0.401 e. The highest BCUT2D eigenvalue weighted by molar-refractivity contribution is 9.10. The van der Waals surface area contributed by atoms with Crippen LogP contribution < -0.4 is 5.32 Å². The first-order valence-electron chi connectivity index (χ1n) is 5.97. The van der Waals surface area contributed by atoms with Crippen LogP contribution in [0, 0.1) is 6.92 Å². The summed E-state index contributed by atoms with van der Waals surface area (Å²) in [6.45, 7) is 1.22. The van der Waals surface area contributed by atoms with Gasteiger partial charge < -0.3 is 5.32 Å². The molecule has 0 saturated carbocycles. The molecule has 0 amide bonds. The van der Waals surface area contributed by atoms with Gasteiger partial charge in [0, 0.05) is 15.9 Å². The number of alkyl halides is 3. The van der Waals surface area contributed by atoms with Crippen LogP contribution in [-0.4, -0.2) is 12.7 Å². The number of hydrogen-bond acceptors (Lipinski definition) is 2. The summed E-state index contributed by atoms with van der Waals surface area (Å²) in [6.07, 6.45) is -4.18. The van der Waals surface area contributed by atoms with E-state index in [1.165, 1.54) is 0 Å². The molecule has 0 fully saturated rings. The Hall–Kier alpha value is -0.850. The van der Waals surface area contributed by atoms with E-state index < -0.39 is 12.7 Å². The molecule has 0 atom stereocenters. The maximum Gasteiger partial charge on any atom is 0.401 e. The second kappa shape index (κ2) is 6.28. The third kappa shape index (κ3) is 4.07. The van der Waals surface area contributed by atoms with Crippen molar-refractivity contribution in [1.29, 1.82) is 0 Å². The standard InChI is InChI=1S/C14H13BrF3NS/c1-9-13(10-3-2-4-12(15)5-10)11(7-20-9)6-19-8-14(16,17)18/h2-5,7,19H,6,8H2,1H3. The van der Waals surface area contributed by atoms with Gasteiger partial charge in [0.15, 0.2) is 0 Å². The van der Waals surface area contributed by atoms with Crippen molar-refractivity contribution in [1.82, 2.24) is 5.32 Å². The minimum atomic E-state index is -4.18. The van der Waals surface area contributed by atoms with E-state index >= 15 is 0 Å². The average molecular weight is 364 g/mol. The maximum atomic E-state index is 12.2. The third-order valence-corrected chi connectivity index (χ3v) is 4.26. The van der Waals surface area contributed by atoms with Crippen molar-refractivity contribution in [2.24, 2.45) is 0 Å². The minimum Gasteiger partial charge on any atom is -0.305 e. The van der Waals surface area contributed by atoms with Gasteiger partial charge in [0.2, 0.25) is 0 Å². The Morgan fingerprint density at radius 3 is 2.70 bits per heavy atom. The summed E-state index contributed by atoms with van der Waals surface area (Å²) in [5, 5.41) is 4.36. The summed E-state index contributed by atoms with van der Waals surface area (Å²) in [4.78, 5) is 1.10. The topological polar surface area (TPSA) is 12.0 Å². The van der Waals surface area contributed by atoms with Gasteiger partial charge >= 0.3 is 6.18 Å². The van der Waals surface area contributed by atoms with Crippen molar-refractivity contribution in [3.05, 3.63) is 44.6 Å². The van der Waals surface area contributed by atoms with Crippen LogP contribution in [0.1, 0.15) is 10.4 Å². The second-order valence-corrected chi connectivity index (χ2v) is 6.42. The number of benzene rings is 1. The Bertz CT molecular complexity index is 592. The van der Waals surface area contributed by atoms with Crippen molar-refractivity contribution in [3.8, 4) is 11.1 Å². The van der Waals surface area contributed by atoms with Crippen LogP contribution in [0.3, 0.4) is 0 Å². The number of thiophene rings is 1. The Labute approximate surface area is 128 Å². The van der Waals surface area contributed by atoms with Crippen molar-refractivity contribution in [2.75, 3.05) is 6.54 Å². The van der Waals surface area contributed by atoms with Crippen LogP contribution in [0.5, 0.6) is 0 Å². The van der Waals surface area contributed by atoms with Gasteiger partial charge in [-0.2, -0.15) is 13.2 Å². The van der Waals surface area contributed by atoms with E-state index in [2.05, 4.69) is 21.2 Å². The molecule has 6 heteroatoms. The number of halogens is 4. The highest BCUT2D eigenvalue weighted by atomic mass is 79.9. The molecule has 0 radical (unpaired) electrons. The summed E-state index contributed by atoms with van der Waals surface area (Å²) < 4.78 is 37.5.